The zero-order valence-corrected chi connectivity index (χ0v) is 8.66. The molecule has 0 atom stereocenters. The molecule has 2 heterocycles. The monoisotopic (exact) mass is 202 g/mol. The number of hydrogen-bond acceptors (Lipinski definition) is 3. The van der Waals surface area contributed by atoms with Gasteiger partial charge in [0.05, 0.1) is 0 Å². The van der Waals surface area contributed by atoms with E-state index >= 15 is 0 Å². The average molecular weight is 202 g/mol. The van der Waals surface area contributed by atoms with Crippen LogP contribution in [0.1, 0.15) is 5.56 Å². The fourth-order valence-electron chi connectivity index (χ4n) is 1.08. The van der Waals surface area contributed by atoms with Crippen LogP contribution in [0.4, 0.5) is 0 Å². The summed E-state index contributed by atoms with van der Waals surface area (Å²) in [5.41, 5.74) is 1.18. The molecule has 2 aromatic heterocycles. The number of hydrogen-bond donors (Lipinski definition) is 0. The smallest absolute Gasteiger partial charge is 0.105 e. The minimum atomic E-state index is 0.981. The fraction of sp³-hybridized carbons (Fsp3) is 0.0909. The van der Waals surface area contributed by atoms with E-state index in [1.165, 1.54) is 5.56 Å². The molecule has 0 spiro atoms. The van der Waals surface area contributed by atoms with Crippen molar-refractivity contribution >= 4 is 11.8 Å². The molecule has 0 aliphatic carbocycles. The van der Waals surface area contributed by atoms with Gasteiger partial charge in [-0.3, -0.25) is 0 Å². The van der Waals surface area contributed by atoms with Crippen LogP contribution in [0.2, 0.25) is 0 Å². The summed E-state index contributed by atoms with van der Waals surface area (Å²) in [6, 6.07) is 9.87. The van der Waals surface area contributed by atoms with Crippen molar-refractivity contribution in [3.05, 3.63) is 48.3 Å². The van der Waals surface area contributed by atoms with Crippen LogP contribution in [0.5, 0.6) is 0 Å². The lowest BCUT2D eigenvalue weighted by Crippen LogP contribution is -1.84. The predicted octanol–water partition coefficient (Wildman–Crippen LogP) is 2.94. The van der Waals surface area contributed by atoms with Gasteiger partial charge in [0.2, 0.25) is 0 Å². The summed E-state index contributed by atoms with van der Waals surface area (Å²) in [5, 5.41) is 2.00. The van der Waals surface area contributed by atoms with Crippen LogP contribution in [-0.2, 0) is 0 Å². The molecule has 0 saturated heterocycles. The summed E-state index contributed by atoms with van der Waals surface area (Å²) in [4.78, 5) is 8.53. The molecule has 14 heavy (non-hydrogen) atoms. The van der Waals surface area contributed by atoms with Gasteiger partial charge in [-0.1, -0.05) is 12.1 Å². The quantitative estimate of drug-likeness (QED) is 0.748. The molecule has 0 aliphatic rings. The van der Waals surface area contributed by atoms with E-state index in [4.69, 9.17) is 0 Å². The average Bonchev–Trinajstić information content (AvgIpc) is 2.23. The predicted molar refractivity (Wildman–Crippen MR) is 57.3 cm³/mol. The van der Waals surface area contributed by atoms with Crippen LogP contribution in [0, 0.1) is 6.92 Å². The number of aryl methyl sites for hydroxylation is 1. The van der Waals surface area contributed by atoms with Gasteiger partial charge in [-0.25, -0.2) is 9.97 Å². The van der Waals surface area contributed by atoms with Crippen molar-refractivity contribution in [2.45, 2.75) is 17.0 Å². The van der Waals surface area contributed by atoms with Crippen molar-refractivity contribution in [1.82, 2.24) is 9.97 Å². The second kappa shape index (κ2) is 4.24. The van der Waals surface area contributed by atoms with Crippen LogP contribution in [-0.4, -0.2) is 9.97 Å². The summed E-state index contributed by atoms with van der Waals surface area (Å²) < 4.78 is 0. The highest BCUT2D eigenvalue weighted by molar-refractivity contribution is 7.99. The Morgan fingerprint density at radius 2 is 1.86 bits per heavy atom. The lowest BCUT2D eigenvalue weighted by atomic mass is 10.3. The Kier molecular flexibility index (Phi) is 2.79. The van der Waals surface area contributed by atoms with Gasteiger partial charge in [0.25, 0.3) is 0 Å². The van der Waals surface area contributed by atoms with Gasteiger partial charge in [0.15, 0.2) is 0 Å². The molecule has 2 nitrogen and oxygen atoms in total. The largest absolute Gasteiger partial charge is 0.250 e. The van der Waals surface area contributed by atoms with Crippen LogP contribution in [0.15, 0.2) is 52.8 Å². The van der Waals surface area contributed by atoms with Gasteiger partial charge >= 0.3 is 0 Å². The molecule has 0 unspecified atom stereocenters. The van der Waals surface area contributed by atoms with Crippen LogP contribution >= 0.6 is 11.8 Å². The van der Waals surface area contributed by atoms with Gasteiger partial charge in [-0.15, -0.1) is 0 Å². The van der Waals surface area contributed by atoms with E-state index in [0.29, 0.717) is 0 Å². The Labute approximate surface area is 87.4 Å². The first-order valence-corrected chi connectivity index (χ1v) is 5.18. The standard InChI is InChI=1S/C11H10N2S/c1-9-5-4-8-13-11(9)14-10-6-2-3-7-12-10/h2-8H,1H3. The van der Waals surface area contributed by atoms with Crippen LogP contribution in [0.25, 0.3) is 0 Å². The number of pyridine rings is 2. The highest BCUT2D eigenvalue weighted by Crippen LogP contribution is 2.25. The minimum Gasteiger partial charge on any atom is -0.250 e. The van der Waals surface area contributed by atoms with E-state index in [0.717, 1.165) is 10.1 Å². The summed E-state index contributed by atoms with van der Waals surface area (Å²) >= 11 is 1.59. The van der Waals surface area contributed by atoms with E-state index in [1.807, 2.05) is 24.3 Å². The first-order chi connectivity index (χ1) is 6.86. The molecule has 0 aromatic carbocycles. The van der Waals surface area contributed by atoms with Gasteiger partial charge in [-0.2, -0.15) is 0 Å². The molecule has 0 amide bonds. The topological polar surface area (TPSA) is 25.8 Å². The first-order valence-electron chi connectivity index (χ1n) is 4.37. The summed E-state index contributed by atoms with van der Waals surface area (Å²) in [5.74, 6) is 0. The van der Waals surface area contributed by atoms with Crippen LogP contribution in [0.3, 0.4) is 0 Å². The molecular formula is C11H10N2S. The molecule has 0 bridgehead atoms. The Hall–Kier alpha value is -1.35. The van der Waals surface area contributed by atoms with E-state index in [1.54, 1.807) is 24.2 Å². The molecule has 70 valence electrons. The van der Waals surface area contributed by atoms with Crippen molar-refractivity contribution in [3.63, 3.8) is 0 Å². The van der Waals surface area contributed by atoms with Gasteiger partial charge < -0.3 is 0 Å². The number of aromatic nitrogens is 2. The maximum Gasteiger partial charge on any atom is 0.105 e. The summed E-state index contributed by atoms with van der Waals surface area (Å²) in [7, 11) is 0. The van der Waals surface area contributed by atoms with Crippen molar-refractivity contribution in [2.24, 2.45) is 0 Å². The fourth-order valence-corrected chi connectivity index (χ4v) is 1.89. The lowest BCUT2D eigenvalue weighted by molar-refractivity contribution is 1.06. The summed E-state index contributed by atoms with van der Waals surface area (Å²) in [6.45, 7) is 2.05. The molecule has 2 aromatic rings. The summed E-state index contributed by atoms with van der Waals surface area (Å²) in [6.07, 6.45) is 3.60. The second-order valence-corrected chi connectivity index (χ2v) is 3.90. The zero-order valence-electron chi connectivity index (χ0n) is 7.84. The maximum absolute atomic E-state index is 4.30. The lowest BCUT2D eigenvalue weighted by Gasteiger charge is -2.01. The maximum atomic E-state index is 4.30. The molecule has 0 radical (unpaired) electrons. The highest BCUT2D eigenvalue weighted by atomic mass is 32.2. The Bertz CT molecular complexity index is 415. The Morgan fingerprint density at radius 1 is 1.00 bits per heavy atom. The number of rotatable bonds is 2. The van der Waals surface area contributed by atoms with Crippen LogP contribution < -0.4 is 0 Å². The highest BCUT2D eigenvalue weighted by Gasteiger charge is 2.01. The molecular weight excluding hydrogens is 192 g/mol. The van der Waals surface area contributed by atoms with Crippen molar-refractivity contribution in [1.29, 1.82) is 0 Å². The third-order valence-electron chi connectivity index (χ3n) is 1.80. The molecule has 0 saturated carbocycles. The van der Waals surface area contributed by atoms with Gasteiger partial charge in [-0.05, 0) is 42.4 Å². The number of nitrogens with zero attached hydrogens (tertiary/aromatic N) is 2. The van der Waals surface area contributed by atoms with E-state index in [9.17, 15) is 0 Å². The minimum absolute atomic E-state index is 0.981. The second-order valence-electron chi connectivity index (χ2n) is 2.90. The van der Waals surface area contributed by atoms with Gasteiger partial charge in [0, 0.05) is 12.4 Å². The van der Waals surface area contributed by atoms with Crippen molar-refractivity contribution in [3.8, 4) is 0 Å². The van der Waals surface area contributed by atoms with E-state index < -0.39 is 0 Å². The Morgan fingerprint density at radius 3 is 2.57 bits per heavy atom. The van der Waals surface area contributed by atoms with Crippen molar-refractivity contribution in [2.75, 3.05) is 0 Å². The normalized spacial score (nSPS) is 10.1. The third-order valence-corrected chi connectivity index (χ3v) is 2.87. The van der Waals surface area contributed by atoms with E-state index in [2.05, 4.69) is 23.0 Å². The van der Waals surface area contributed by atoms with Crippen molar-refractivity contribution < 1.29 is 0 Å². The van der Waals surface area contributed by atoms with E-state index in [-0.39, 0.29) is 0 Å². The Balaban J connectivity index is 2.24. The molecule has 0 aliphatic heterocycles. The zero-order chi connectivity index (χ0) is 9.80. The van der Waals surface area contributed by atoms with Gasteiger partial charge in [0.1, 0.15) is 10.1 Å². The molecule has 0 N–H and O–H groups in total. The molecule has 3 heteroatoms. The first kappa shape index (κ1) is 9.21. The molecule has 2 rings (SSSR count). The SMILES string of the molecule is Cc1cccnc1Sc1ccccn1. The molecule has 0 fully saturated rings. The third kappa shape index (κ3) is 2.12.